The molecule has 0 aliphatic rings. The van der Waals surface area contributed by atoms with Crippen LogP contribution in [0.5, 0.6) is 5.75 Å². The molecular formula is C15H22N4O. The zero-order valence-corrected chi connectivity index (χ0v) is 12.3. The number of ether oxygens (including phenoxy) is 1. The van der Waals surface area contributed by atoms with E-state index in [4.69, 9.17) is 4.74 Å². The third-order valence-corrected chi connectivity index (χ3v) is 2.85. The van der Waals surface area contributed by atoms with Gasteiger partial charge in [0.25, 0.3) is 0 Å². The van der Waals surface area contributed by atoms with E-state index in [-0.39, 0.29) is 0 Å². The number of nitrogens with zero attached hydrogens (tertiary/aromatic N) is 3. The van der Waals surface area contributed by atoms with Crippen LogP contribution >= 0.6 is 0 Å². The largest absolute Gasteiger partial charge is 0.494 e. The lowest BCUT2D eigenvalue weighted by Gasteiger charge is -2.10. The fraction of sp³-hybridized carbons (Fsp3) is 0.467. The predicted octanol–water partition coefficient (Wildman–Crippen LogP) is 2.41. The number of benzene rings is 1. The van der Waals surface area contributed by atoms with Crippen molar-refractivity contribution in [2.24, 2.45) is 5.92 Å². The Hall–Kier alpha value is -1.88. The summed E-state index contributed by atoms with van der Waals surface area (Å²) in [6.07, 6.45) is 1.79. The number of nitrogens with one attached hydrogen (secondary N) is 1. The Morgan fingerprint density at radius 2 is 2.20 bits per heavy atom. The van der Waals surface area contributed by atoms with Crippen LogP contribution in [0.3, 0.4) is 0 Å². The fourth-order valence-corrected chi connectivity index (χ4v) is 1.95. The first-order valence-electron chi connectivity index (χ1n) is 7.04. The summed E-state index contributed by atoms with van der Waals surface area (Å²) in [5.74, 6) is 1.47. The van der Waals surface area contributed by atoms with Gasteiger partial charge in [-0.3, -0.25) is 0 Å². The van der Waals surface area contributed by atoms with E-state index in [9.17, 15) is 0 Å². The molecule has 0 amide bonds. The average molecular weight is 274 g/mol. The highest BCUT2D eigenvalue weighted by Crippen LogP contribution is 2.17. The van der Waals surface area contributed by atoms with Crippen molar-refractivity contribution in [1.29, 1.82) is 0 Å². The summed E-state index contributed by atoms with van der Waals surface area (Å²) in [4.78, 5) is 0. The van der Waals surface area contributed by atoms with Crippen molar-refractivity contribution in [2.45, 2.75) is 27.3 Å². The Balaban J connectivity index is 2.12. The molecular weight excluding hydrogens is 252 g/mol. The van der Waals surface area contributed by atoms with Gasteiger partial charge in [0, 0.05) is 12.6 Å². The molecule has 0 bridgehead atoms. The van der Waals surface area contributed by atoms with Gasteiger partial charge >= 0.3 is 0 Å². The van der Waals surface area contributed by atoms with Crippen LogP contribution in [-0.4, -0.2) is 28.1 Å². The first kappa shape index (κ1) is 14.5. The summed E-state index contributed by atoms with van der Waals surface area (Å²) in [5, 5.41) is 11.6. The maximum absolute atomic E-state index is 5.52. The Labute approximate surface area is 120 Å². The molecule has 2 rings (SSSR count). The van der Waals surface area contributed by atoms with Crippen LogP contribution in [0.15, 0.2) is 30.5 Å². The molecule has 0 spiro atoms. The number of rotatable bonds is 7. The highest BCUT2D eigenvalue weighted by Gasteiger charge is 2.07. The quantitative estimate of drug-likeness (QED) is 0.842. The van der Waals surface area contributed by atoms with E-state index in [0.717, 1.165) is 30.2 Å². The fourth-order valence-electron chi connectivity index (χ4n) is 1.95. The molecule has 0 atom stereocenters. The van der Waals surface area contributed by atoms with Gasteiger partial charge < -0.3 is 10.1 Å². The Bertz CT molecular complexity index is 536. The molecule has 5 nitrogen and oxygen atoms in total. The van der Waals surface area contributed by atoms with Crippen LogP contribution in [0.1, 0.15) is 26.5 Å². The summed E-state index contributed by atoms with van der Waals surface area (Å²) < 4.78 is 7.36. The van der Waals surface area contributed by atoms with E-state index in [1.54, 1.807) is 6.20 Å². The van der Waals surface area contributed by atoms with E-state index in [2.05, 4.69) is 29.5 Å². The van der Waals surface area contributed by atoms with Crippen molar-refractivity contribution < 1.29 is 4.74 Å². The van der Waals surface area contributed by atoms with Gasteiger partial charge in [-0.2, -0.15) is 0 Å². The Morgan fingerprint density at radius 3 is 2.95 bits per heavy atom. The van der Waals surface area contributed by atoms with Gasteiger partial charge in [0.05, 0.1) is 24.2 Å². The standard InChI is InChI=1S/C15H22N4O/c1-4-20-15-7-5-6-13(8-15)19-14(11-17-18-19)10-16-9-12(2)3/h5-8,11-12,16H,4,9-10H2,1-3H3. The van der Waals surface area contributed by atoms with Crippen molar-refractivity contribution in [3.05, 3.63) is 36.2 Å². The smallest absolute Gasteiger partial charge is 0.121 e. The van der Waals surface area contributed by atoms with E-state index in [1.807, 2.05) is 35.9 Å². The van der Waals surface area contributed by atoms with Crippen molar-refractivity contribution in [3.8, 4) is 11.4 Å². The number of hydrogen-bond donors (Lipinski definition) is 1. The molecule has 1 heterocycles. The van der Waals surface area contributed by atoms with Crippen molar-refractivity contribution in [2.75, 3.05) is 13.2 Å². The third kappa shape index (κ3) is 3.81. The molecule has 0 aliphatic carbocycles. The second kappa shape index (κ2) is 7.05. The molecule has 1 N–H and O–H groups in total. The normalized spacial score (nSPS) is 11.0. The van der Waals surface area contributed by atoms with Gasteiger partial charge in [0.2, 0.25) is 0 Å². The van der Waals surface area contributed by atoms with Crippen LogP contribution in [0.4, 0.5) is 0 Å². The van der Waals surface area contributed by atoms with Crippen LogP contribution in [0.25, 0.3) is 5.69 Å². The zero-order chi connectivity index (χ0) is 14.4. The van der Waals surface area contributed by atoms with E-state index < -0.39 is 0 Å². The number of aromatic nitrogens is 3. The zero-order valence-electron chi connectivity index (χ0n) is 12.3. The van der Waals surface area contributed by atoms with Crippen molar-refractivity contribution in [3.63, 3.8) is 0 Å². The first-order valence-corrected chi connectivity index (χ1v) is 7.04. The molecule has 20 heavy (non-hydrogen) atoms. The van der Waals surface area contributed by atoms with E-state index in [1.165, 1.54) is 0 Å². The second-order valence-corrected chi connectivity index (χ2v) is 5.09. The van der Waals surface area contributed by atoms with Crippen LogP contribution in [0.2, 0.25) is 0 Å². The van der Waals surface area contributed by atoms with Gasteiger partial charge in [-0.15, -0.1) is 5.10 Å². The topological polar surface area (TPSA) is 52.0 Å². The first-order chi connectivity index (χ1) is 9.70. The average Bonchev–Trinajstić information content (AvgIpc) is 2.87. The van der Waals surface area contributed by atoms with E-state index in [0.29, 0.717) is 12.5 Å². The molecule has 1 aromatic heterocycles. The minimum absolute atomic E-state index is 0.626. The molecule has 108 valence electrons. The molecule has 0 radical (unpaired) electrons. The third-order valence-electron chi connectivity index (χ3n) is 2.85. The maximum atomic E-state index is 5.52. The summed E-state index contributed by atoms with van der Waals surface area (Å²) in [6, 6.07) is 7.89. The highest BCUT2D eigenvalue weighted by molar-refractivity contribution is 5.39. The second-order valence-electron chi connectivity index (χ2n) is 5.09. The summed E-state index contributed by atoms with van der Waals surface area (Å²) >= 11 is 0. The molecule has 2 aromatic rings. The molecule has 0 unspecified atom stereocenters. The van der Waals surface area contributed by atoms with Crippen LogP contribution in [-0.2, 0) is 6.54 Å². The van der Waals surface area contributed by atoms with Crippen LogP contribution < -0.4 is 10.1 Å². The van der Waals surface area contributed by atoms with Gasteiger partial charge in [-0.25, -0.2) is 4.68 Å². The van der Waals surface area contributed by atoms with Gasteiger partial charge in [0.1, 0.15) is 5.75 Å². The SMILES string of the molecule is CCOc1cccc(-n2nncc2CNCC(C)C)c1. The van der Waals surface area contributed by atoms with E-state index >= 15 is 0 Å². The molecule has 0 fully saturated rings. The predicted molar refractivity (Wildman–Crippen MR) is 79.1 cm³/mol. The number of hydrogen-bond acceptors (Lipinski definition) is 4. The highest BCUT2D eigenvalue weighted by atomic mass is 16.5. The van der Waals surface area contributed by atoms with Gasteiger partial charge in [-0.1, -0.05) is 25.1 Å². The lowest BCUT2D eigenvalue weighted by atomic mass is 10.2. The van der Waals surface area contributed by atoms with Crippen molar-refractivity contribution >= 4 is 0 Å². The minimum Gasteiger partial charge on any atom is -0.494 e. The molecule has 0 saturated carbocycles. The Kier molecular flexibility index (Phi) is 5.12. The summed E-state index contributed by atoms with van der Waals surface area (Å²) in [6.45, 7) is 8.74. The molecule has 0 saturated heterocycles. The summed E-state index contributed by atoms with van der Waals surface area (Å²) in [7, 11) is 0. The monoisotopic (exact) mass is 274 g/mol. The maximum Gasteiger partial charge on any atom is 0.121 e. The lowest BCUT2D eigenvalue weighted by Crippen LogP contribution is -2.20. The summed E-state index contributed by atoms with van der Waals surface area (Å²) in [5.41, 5.74) is 2.01. The van der Waals surface area contributed by atoms with Crippen molar-refractivity contribution in [1.82, 2.24) is 20.3 Å². The lowest BCUT2D eigenvalue weighted by molar-refractivity contribution is 0.340. The minimum atomic E-state index is 0.626. The molecule has 1 aromatic carbocycles. The molecule has 5 heteroatoms. The van der Waals surface area contributed by atoms with Gasteiger partial charge in [-0.05, 0) is 31.5 Å². The Morgan fingerprint density at radius 1 is 1.35 bits per heavy atom. The van der Waals surface area contributed by atoms with Crippen LogP contribution in [0, 0.1) is 5.92 Å². The van der Waals surface area contributed by atoms with Gasteiger partial charge in [0.15, 0.2) is 0 Å². The molecule has 0 aliphatic heterocycles.